The summed E-state index contributed by atoms with van der Waals surface area (Å²) >= 11 is 0. The molecular weight excluding hydrogens is 389 g/mol. The van der Waals surface area contributed by atoms with Gasteiger partial charge in [-0.25, -0.2) is 4.99 Å². The highest BCUT2D eigenvalue weighted by Crippen LogP contribution is 2.34. The van der Waals surface area contributed by atoms with E-state index in [1.807, 2.05) is 55.5 Å². The number of benzene rings is 3. The summed E-state index contributed by atoms with van der Waals surface area (Å²) in [7, 11) is 0. The van der Waals surface area contributed by atoms with E-state index in [-0.39, 0.29) is 12.1 Å². The van der Waals surface area contributed by atoms with Gasteiger partial charge in [-0.15, -0.1) is 0 Å². The third-order valence-corrected chi connectivity index (χ3v) is 5.26. The second kappa shape index (κ2) is 7.95. The number of hydrogen-bond acceptors (Lipinski definition) is 3. The Kier molecular flexibility index (Phi) is 5.35. The standard InChI is InChI=1S/C24H21F3N2O/c1-15-22(29-23(30-15)21-5-3-2-4-19(21)14-28)18-8-6-16(7-9-18)17-10-12-20(13-11-17)24(25,26)27/h2-13,15,22H,14,28H2,1H3/t15-,22-/m1/s1. The van der Waals surface area contributed by atoms with Crippen molar-refractivity contribution in [2.45, 2.75) is 31.8 Å². The lowest BCUT2D eigenvalue weighted by atomic mass is 9.98. The predicted octanol–water partition coefficient (Wildman–Crippen LogP) is 5.74. The fourth-order valence-electron chi connectivity index (χ4n) is 3.61. The number of rotatable bonds is 4. The van der Waals surface area contributed by atoms with Gasteiger partial charge in [-0.05, 0) is 47.4 Å². The normalized spacial score (nSPS) is 18.8. The van der Waals surface area contributed by atoms with Crippen LogP contribution in [0.2, 0.25) is 0 Å². The van der Waals surface area contributed by atoms with Crippen LogP contribution in [0.5, 0.6) is 0 Å². The van der Waals surface area contributed by atoms with Gasteiger partial charge >= 0.3 is 6.18 Å². The first kappa shape index (κ1) is 20.2. The topological polar surface area (TPSA) is 47.6 Å². The predicted molar refractivity (Wildman–Crippen MR) is 111 cm³/mol. The van der Waals surface area contributed by atoms with Crippen LogP contribution in [0.1, 0.15) is 35.2 Å². The molecule has 3 aromatic carbocycles. The van der Waals surface area contributed by atoms with Gasteiger partial charge in [0, 0.05) is 12.1 Å². The SMILES string of the molecule is C[C@H]1OC(c2ccccc2CN)=N[C@H]1c1ccc(-c2ccc(C(F)(F)F)cc2)cc1. The molecule has 4 rings (SSSR count). The van der Waals surface area contributed by atoms with E-state index in [9.17, 15) is 13.2 Å². The number of nitrogens with two attached hydrogens (primary N) is 1. The zero-order valence-corrected chi connectivity index (χ0v) is 16.4. The summed E-state index contributed by atoms with van der Waals surface area (Å²) in [5.74, 6) is 0.584. The van der Waals surface area contributed by atoms with Crippen LogP contribution in [-0.4, -0.2) is 12.0 Å². The average Bonchev–Trinajstić information content (AvgIpc) is 3.14. The maximum absolute atomic E-state index is 12.8. The molecule has 2 atom stereocenters. The molecule has 1 heterocycles. The fourth-order valence-corrected chi connectivity index (χ4v) is 3.61. The molecule has 0 aliphatic carbocycles. The summed E-state index contributed by atoms with van der Waals surface area (Å²) in [5, 5.41) is 0. The Morgan fingerprint density at radius 2 is 1.50 bits per heavy atom. The largest absolute Gasteiger partial charge is 0.472 e. The Balaban J connectivity index is 1.57. The van der Waals surface area contributed by atoms with E-state index >= 15 is 0 Å². The Morgan fingerprint density at radius 1 is 0.900 bits per heavy atom. The minimum absolute atomic E-state index is 0.136. The first-order valence-corrected chi connectivity index (χ1v) is 9.67. The third kappa shape index (κ3) is 3.96. The van der Waals surface area contributed by atoms with E-state index in [0.717, 1.165) is 39.9 Å². The van der Waals surface area contributed by atoms with Crippen molar-refractivity contribution in [1.82, 2.24) is 0 Å². The molecule has 0 amide bonds. The summed E-state index contributed by atoms with van der Waals surface area (Å²) in [6, 6.07) is 20.4. The number of hydrogen-bond donors (Lipinski definition) is 1. The zero-order valence-electron chi connectivity index (χ0n) is 16.4. The van der Waals surface area contributed by atoms with E-state index < -0.39 is 11.7 Å². The van der Waals surface area contributed by atoms with E-state index in [0.29, 0.717) is 12.4 Å². The quantitative estimate of drug-likeness (QED) is 0.596. The summed E-state index contributed by atoms with van der Waals surface area (Å²) < 4.78 is 44.3. The highest BCUT2D eigenvalue weighted by molar-refractivity contribution is 5.96. The molecule has 0 radical (unpaired) electrons. The molecule has 0 fully saturated rings. The lowest BCUT2D eigenvalue weighted by Crippen LogP contribution is -2.14. The third-order valence-electron chi connectivity index (χ3n) is 5.26. The second-order valence-electron chi connectivity index (χ2n) is 7.26. The van der Waals surface area contributed by atoms with Gasteiger partial charge < -0.3 is 10.5 Å². The van der Waals surface area contributed by atoms with Crippen LogP contribution in [-0.2, 0) is 17.5 Å². The first-order chi connectivity index (χ1) is 14.4. The fraction of sp³-hybridized carbons (Fsp3) is 0.208. The van der Waals surface area contributed by atoms with Crippen molar-refractivity contribution in [2.75, 3.05) is 0 Å². The molecule has 6 heteroatoms. The van der Waals surface area contributed by atoms with E-state index in [1.54, 1.807) is 0 Å². The van der Waals surface area contributed by atoms with E-state index in [2.05, 4.69) is 0 Å². The van der Waals surface area contributed by atoms with Crippen LogP contribution in [0.25, 0.3) is 11.1 Å². The van der Waals surface area contributed by atoms with Crippen LogP contribution in [0.4, 0.5) is 13.2 Å². The number of aliphatic imine (C=N–C) groups is 1. The highest BCUT2D eigenvalue weighted by atomic mass is 19.4. The molecule has 154 valence electrons. The molecule has 30 heavy (non-hydrogen) atoms. The summed E-state index contributed by atoms with van der Waals surface area (Å²) in [6.07, 6.45) is -4.47. The molecule has 0 bridgehead atoms. The van der Waals surface area contributed by atoms with Crippen LogP contribution < -0.4 is 5.73 Å². The van der Waals surface area contributed by atoms with Crippen molar-refractivity contribution in [3.8, 4) is 11.1 Å². The maximum atomic E-state index is 12.8. The highest BCUT2D eigenvalue weighted by Gasteiger charge is 2.31. The maximum Gasteiger partial charge on any atom is 0.416 e. The van der Waals surface area contributed by atoms with Crippen molar-refractivity contribution >= 4 is 5.90 Å². The lowest BCUT2D eigenvalue weighted by Gasteiger charge is -2.14. The molecule has 1 aliphatic rings. The Bertz CT molecular complexity index is 1060. The number of ether oxygens (including phenoxy) is 1. The van der Waals surface area contributed by atoms with Gasteiger partial charge in [-0.2, -0.15) is 13.2 Å². The molecule has 1 aliphatic heterocycles. The Labute approximate surface area is 173 Å². The van der Waals surface area contributed by atoms with Gasteiger partial charge in [0.05, 0.1) is 5.56 Å². The molecule has 3 nitrogen and oxygen atoms in total. The van der Waals surface area contributed by atoms with Gasteiger partial charge in [0.15, 0.2) is 0 Å². The molecular formula is C24H21F3N2O. The Morgan fingerprint density at radius 3 is 2.10 bits per heavy atom. The molecule has 0 spiro atoms. The van der Waals surface area contributed by atoms with Crippen LogP contribution in [0.15, 0.2) is 77.8 Å². The van der Waals surface area contributed by atoms with Crippen molar-refractivity contribution in [1.29, 1.82) is 0 Å². The van der Waals surface area contributed by atoms with E-state index in [4.69, 9.17) is 15.5 Å². The van der Waals surface area contributed by atoms with Crippen LogP contribution >= 0.6 is 0 Å². The van der Waals surface area contributed by atoms with Crippen LogP contribution in [0, 0.1) is 0 Å². The van der Waals surface area contributed by atoms with Crippen LogP contribution in [0.3, 0.4) is 0 Å². The minimum atomic E-state index is -4.33. The van der Waals surface area contributed by atoms with Crippen molar-refractivity contribution in [2.24, 2.45) is 10.7 Å². The molecule has 2 N–H and O–H groups in total. The second-order valence-corrected chi connectivity index (χ2v) is 7.26. The minimum Gasteiger partial charge on any atom is -0.472 e. The van der Waals surface area contributed by atoms with Crippen molar-refractivity contribution < 1.29 is 17.9 Å². The number of halogens is 3. The molecule has 0 unspecified atom stereocenters. The smallest absolute Gasteiger partial charge is 0.416 e. The van der Waals surface area contributed by atoms with E-state index in [1.165, 1.54) is 12.1 Å². The summed E-state index contributed by atoms with van der Waals surface area (Å²) in [6.45, 7) is 2.37. The average molecular weight is 410 g/mol. The Hall–Kier alpha value is -3.12. The monoisotopic (exact) mass is 410 g/mol. The summed E-state index contributed by atoms with van der Waals surface area (Å²) in [4.78, 5) is 4.77. The molecule has 0 saturated carbocycles. The zero-order chi connectivity index (χ0) is 21.3. The van der Waals surface area contributed by atoms with Gasteiger partial charge in [0.1, 0.15) is 12.1 Å². The number of alkyl halides is 3. The van der Waals surface area contributed by atoms with Crippen molar-refractivity contribution in [3.63, 3.8) is 0 Å². The summed E-state index contributed by atoms with van der Waals surface area (Å²) in [5.41, 5.74) is 9.61. The van der Waals surface area contributed by atoms with Gasteiger partial charge in [0.2, 0.25) is 5.90 Å². The molecule has 0 aromatic heterocycles. The van der Waals surface area contributed by atoms with Gasteiger partial charge in [-0.1, -0.05) is 54.6 Å². The van der Waals surface area contributed by atoms with Gasteiger partial charge in [-0.3, -0.25) is 0 Å². The van der Waals surface area contributed by atoms with Crippen molar-refractivity contribution in [3.05, 3.63) is 95.1 Å². The first-order valence-electron chi connectivity index (χ1n) is 9.67. The molecule has 0 saturated heterocycles. The lowest BCUT2D eigenvalue weighted by molar-refractivity contribution is -0.137. The number of nitrogens with zero attached hydrogens (tertiary/aromatic N) is 1. The van der Waals surface area contributed by atoms with Gasteiger partial charge in [0.25, 0.3) is 0 Å². The molecule has 3 aromatic rings.